The topological polar surface area (TPSA) is 26.3 Å². The van der Waals surface area contributed by atoms with Crippen LogP contribution >= 0.6 is 0 Å². The highest BCUT2D eigenvalue weighted by Gasteiger charge is 2.34. The van der Waals surface area contributed by atoms with Gasteiger partial charge in [-0.15, -0.1) is 0 Å². The molecule has 0 N–H and O–H groups in total. The number of ether oxygens (including phenoxy) is 1. The largest absolute Gasteiger partial charge is 0.462 e. The molecule has 2 nitrogen and oxygen atoms in total. The Morgan fingerprint density at radius 3 is 2.64 bits per heavy atom. The Morgan fingerprint density at radius 1 is 1.57 bits per heavy atom. The first-order valence-corrected chi connectivity index (χ1v) is 5.34. The summed E-state index contributed by atoms with van der Waals surface area (Å²) in [4.78, 5) is 11.5. The molecule has 0 aromatic carbocycles. The van der Waals surface area contributed by atoms with Gasteiger partial charge in [0.25, 0.3) is 0 Å². The minimum Gasteiger partial charge on any atom is -0.462 e. The Labute approximate surface area is 86.3 Å². The molecule has 0 amide bonds. The third-order valence-electron chi connectivity index (χ3n) is 2.67. The van der Waals surface area contributed by atoms with E-state index < -0.39 is 0 Å². The highest BCUT2D eigenvalue weighted by Crippen LogP contribution is 2.28. The van der Waals surface area contributed by atoms with Crippen molar-refractivity contribution in [1.29, 1.82) is 0 Å². The van der Waals surface area contributed by atoms with E-state index in [1.54, 1.807) is 0 Å². The maximum atomic E-state index is 11.5. The lowest BCUT2D eigenvalue weighted by Gasteiger charge is -2.11. The Bertz CT molecular complexity index is 237. The fraction of sp³-hybridized carbons (Fsp3) is 0.750. The summed E-state index contributed by atoms with van der Waals surface area (Å²) in [7, 11) is 0. The van der Waals surface area contributed by atoms with Crippen LogP contribution in [0.25, 0.3) is 0 Å². The summed E-state index contributed by atoms with van der Waals surface area (Å²) in [5, 5.41) is 0. The Morgan fingerprint density at radius 2 is 2.21 bits per heavy atom. The van der Waals surface area contributed by atoms with Gasteiger partial charge in [0.1, 0.15) is 6.10 Å². The molecule has 0 spiro atoms. The van der Waals surface area contributed by atoms with Crippen LogP contribution in [-0.2, 0) is 9.53 Å². The summed E-state index contributed by atoms with van der Waals surface area (Å²) in [5.41, 5.74) is 1.27. The molecule has 14 heavy (non-hydrogen) atoms. The first-order valence-electron chi connectivity index (χ1n) is 5.34. The van der Waals surface area contributed by atoms with E-state index in [9.17, 15) is 4.79 Å². The second kappa shape index (κ2) is 4.63. The summed E-state index contributed by atoms with van der Waals surface area (Å²) in [6.07, 6.45) is 3.98. The van der Waals surface area contributed by atoms with Crippen molar-refractivity contribution >= 4 is 5.97 Å². The smallest absolute Gasteiger partial charge is 0.309 e. The van der Waals surface area contributed by atoms with E-state index in [2.05, 4.69) is 33.8 Å². The first kappa shape index (κ1) is 11.3. The van der Waals surface area contributed by atoms with Crippen molar-refractivity contribution in [3.05, 3.63) is 11.6 Å². The Hall–Kier alpha value is -0.790. The second-order valence-corrected chi connectivity index (χ2v) is 4.67. The van der Waals surface area contributed by atoms with Gasteiger partial charge in [0.2, 0.25) is 0 Å². The van der Waals surface area contributed by atoms with Crippen molar-refractivity contribution in [2.45, 2.75) is 46.6 Å². The molecule has 80 valence electrons. The van der Waals surface area contributed by atoms with Gasteiger partial charge in [-0.1, -0.05) is 25.5 Å². The SMILES string of the molecule is CC(C)=CCC1CC(C(C)C)OC1=O. The van der Waals surface area contributed by atoms with Crippen molar-refractivity contribution in [2.24, 2.45) is 11.8 Å². The van der Waals surface area contributed by atoms with Crippen LogP contribution in [0.4, 0.5) is 0 Å². The molecule has 0 aromatic rings. The minimum absolute atomic E-state index is 0.0128. The van der Waals surface area contributed by atoms with E-state index in [0.717, 1.165) is 12.8 Å². The Balaban J connectivity index is 2.49. The lowest BCUT2D eigenvalue weighted by atomic mass is 9.95. The minimum atomic E-state index is -0.0128. The van der Waals surface area contributed by atoms with Crippen LogP contribution in [0.1, 0.15) is 40.5 Å². The number of hydrogen-bond acceptors (Lipinski definition) is 2. The number of rotatable bonds is 3. The van der Waals surface area contributed by atoms with Crippen LogP contribution in [0.5, 0.6) is 0 Å². The molecule has 1 heterocycles. The molecule has 0 aliphatic carbocycles. The van der Waals surface area contributed by atoms with Gasteiger partial charge in [0, 0.05) is 0 Å². The molecule has 1 rings (SSSR count). The van der Waals surface area contributed by atoms with Crippen LogP contribution in [0.3, 0.4) is 0 Å². The zero-order valence-corrected chi connectivity index (χ0v) is 9.54. The molecule has 0 bridgehead atoms. The van der Waals surface area contributed by atoms with Gasteiger partial charge in [-0.3, -0.25) is 4.79 Å². The average molecular weight is 196 g/mol. The Kier molecular flexibility index (Phi) is 3.73. The van der Waals surface area contributed by atoms with Gasteiger partial charge in [0.15, 0.2) is 0 Å². The number of allylic oxidation sites excluding steroid dienone is 2. The predicted molar refractivity (Wildman–Crippen MR) is 56.9 cm³/mol. The molecule has 1 fully saturated rings. The standard InChI is InChI=1S/C12H20O2/c1-8(2)5-6-10-7-11(9(3)4)14-12(10)13/h5,9-11H,6-7H2,1-4H3. The highest BCUT2D eigenvalue weighted by atomic mass is 16.6. The number of esters is 1. The monoisotopic (exact) mass is 196 g/mol. The van der Waals surface area contributed by atoms with E-state index in [1.807, 2.05) is 0 Å². The number of carbonyl (C=O) groups excluding carboxylic acids is 1. The summed E-state index contributed by atoms with van der Waals surface area (Å²) in [6, 6.07) is 0. The van der Waals surface area contributed by atoms with Gasteiger partial charge in [0.05, 0.1) is 5.92 Å². The van der Waals surface area contributed by atoms with Crippen LogP contribution in [0.15, 0.2) is 11.6 Å². The van der Waals surface area contributed by atoms with Crippen LogP contribution in [0, 0.1) is 11.8 Å². The van der Waals surface area contributed by atoms with E-state index in [1.165, 1.54) is 5.57 Å². The quantitative estimate of drug-likeness (QED) is 0.512. The third-order valence-corrected chi connectivity index (χ3v) is 2.67. The zero-order valence-electron chi connectivity index (χ0n) is 9.54. The molecule has 2 atom stereocenters. The van der Waals surface area contributed by atoms with Gasteiger partial charge in [-0.2, -0.15) is 0 Å². The lowest BCUT2D eigenvalue weighted by molar-refractivity contribution is -0.145. The first-order chi connectivity index (χ1) is 6.50. The lowest BCUT2D eigenvalue weighted by Crippen LogP contribution is -2.13. The van der Waals surface area contributed by atoms with Crippen molar-refractivity contribution in [1.82, 2.24) is 0 Å². The van der Waals surface area contributed by atoms with Crippen molar-refractivity contribution in [2.75, 3.05) is 0 Å². The fourth-order valence-electron chi connectivity index (χ4n) is 1.65. The maximum absolute atomic E-state index is 11.5. The van der Waals surface area contributed by atoms with Crippen LogP contribution < -0.4 is 0 Å². The number of carbonyl (C=O) groups is 1. The normalized spacial score (nSPS) is 26.5. The molecule has 1 aliphatic heterocycles. The van der Waals surface area contributed by atoms with Crippen LogP contribution in [-0.4, -0.2) is 12.1 Å². The summed E-state index contributed by atoms with van der Waals surface area (Å²) in [5.74, 6) is 0.522. The molecule has 0 radical (unpaired) electrons. The number of cyclic esters (lactones) is 1. The maximum Gasteiger partial charge on any atom is 0.309 e. The van der Waals surface area contributed by atoms with Crippen molar-refractivity contribution in [3.8, 4) is 0 Å². The van der Waals surface area contributed by atoms with E-state index in [-0.39, 0.29) is 18.0 Å². The molecule has 2 unspecified atom stereocenters. The fourth-order valence-corrected chi connectivity index (χ4v) is 1.65. The van der Waals surface area contributed by atoms with E-state index in [4.69, 9.17) is 4.74 Å². The molecule has 1 aliphatic rings. The molecule has 2 heteroatoms. The molecule has 0 saturated carbocycles. The van der Waals surface area contributed by atoms with E-state index in [0.29, 0.717) is 5.92 Å². The average Bonchev–Trinajstić information content (AvgIpc) is 2.43. The van der Waals surface area contributed by atoms with Gasteiger partial charge >= 0.3 is 5.97 Å². The third kappa shape index (κ3) is 2.86. The zero-order chi connectivity index (χ0) is 10.7. The van der Waals surface area contributed by atoms with Crippen molar-refractivity contribution in [3.63, 3.8) is 0 Å². The van der Waals surface area contributed by atoms with Gasteiger partial charge in [-0.05, 0) is 32.6 Å². The van der Waals surface area contributed by atoms with Gasteiger partial charge in [-0.25, -0.2) is 0 Å². The second-order valence-electron chi connectivity index (χ2n) is 4.67. The van der Waals surface area contributed by atoms with Crippen LogP contribution in [0.2, 0.25) is 0 Å². The summed E-state index contributed by atoms with van der Waals surface area (Å²) < 4.78 is 5.30. The van der Waals surface area contributed by atoms with E-state index >= 15 is 0 Å². The van der Waals surface area contributed by atoms with Crippen molar-refractivity contribution < 1.29 is 9.53 Å². The molecule has 0 aromatic heterocycles. The number of hydrogen-bond donors (Lipinski definition) is 0. The highest BCUT2D eigenvalue weighted by molar-refractivity contribution is 5.74. The molecular formula is C12H20O2. The van der Waals surface area contributed by atoms with Gasteiger partial charge < -0.3 is 4.74 Å². The summed E-state index contributed by atoms with van der Waals surface area (Å²) in [6.45, 7) is 8.31. The molecule has 1 saturated heterocycles. The molecular weight excluding hydrogens is 176 g/mol. The summed E-state index contributed by atoms with van der Waals surface area (Å²) >= 11 is 0. The predicted octanol–water partition coefficient (Wildman–Crippen LogP) is 2.93.